The molecule has 2 rings (SSSR count). The van der Waals surface area contributed by atoms with Gasteiger partial charge in [-0.25, -0.2) is 13.1 Å². The third-order valence-corrected chi connectivity index (χ3v) is 5.41. The van der Waals surface area contributed by atoms with E-state index in [4.69, 9.17) is 0 Å². The van der Waals surface area contributed by atoms with Gasteiger partial charge in [0.25, 0.3) is 0 Å². The first-order chi connectivity index (χ1) is 11.6. The molecule has 0 radical (unpaired) electrons. The van der Waals surface area contributed by atoms with Crippen molar-refractivity contribution in [3.63, 3.8) is 0 Å². The van der Waals surface area contributed by atoms with E-state index >= 15 is 0 Å². The molecular formula is C18H24N2O4S. The molecule has 7 heteroatoms. The first-order valence-electron chi connectivity index (χ1n) is 8.24. The number of nitrogens with one attached hydrogen (secondary N) is 1. The molecule has 1 aliphatic rings. The fourth-order valence-corrected chi connectivity index (χ4v) is 3.75. The van der Waals surface area contributed by atoms with Gasteiger partial charge in [0.1, 0.15) is 5.76 Å². The highest BCUT2D eigenvalue weighted by Gasteiger charge is 2.32. The van der Waals surface area contributed by atoms with Gasteiger partial charge in [0, 0.05) is 25.6 Å². The smallest absolute Gasteiger partial charge is 0.240 e. The third kappa shape index (κ3) is 4.99. The molecule has 1 aromatic rings. The number of nitrogens with zero attached hydrogens (tertiary/aromatic N) is 1. The van der Waals surface area contributed by atoms with Crippen molar-refractivity contribution < 1.29 is 18.3 Å². The molecule has 0 bridgehead atoms. The number of carbonyl (C=O) groups is 1. The van der Waals surface area contributed by atoms with Gasteiger partial charge in [-0.15, -0.1) is 0 Å². The highest BCUT2D eigenvalue weighted by molar-refractivity contribution is 7.89. The zero-order valence-electron chi connectivity index (χ0n) is 14.7. The number of hydrogen-bond acceptors (Lipinski definition) is 5. The van der Waals surface area contributed by atoms with Crippen LogP contribution in [-0.4, -0.2) is 32.1 Å². The maximum absolute atomic E-state index is 12.1. The van der Waals surface area contributed by atoms with Gasteiger partial charge in [-0.3, -0.25) is 9.79 Å². The molecular weight excluding hydrogens is 340 g/mol. The normalized spacial score (nSPS) is 18.1. The standard InChI is InChI=1S/C18H24N2O4S/c1-4-9-20-25(23,24)14-7-5-13(6-8-14)19-12-15-16(21)10-18(2,3)11-17(15)22/h5-8,12,20-21H,4,9-11H2,1-3H3. The van der Waals surface area contributed by atoms with Crippen molar-refractivity contribution >= 4 is 27.7 Å². The lowest BCUT2D eigenvalue weighted by Crippen LogP contribution is -2.26. The van der Waals surface area contributed by atoms with Crippen LogP contribution in [0.4, 0.5) is 5.69 Å². The Morgan fingerprint density at radius 3 is 2.44 bits per heavy atom. The predicted molar refractivity (Wildman–Crippen MR) is 97.8 cm³/mol. The number of hydrogen-bond donors (Lipinski definition) is 2. The number of allylic oxidation sites excluding steroid dienone is 2. The summed E-state index contributed by atoms with van der Waals surface area (Å²) in [6.07, 6.45) is 2.86. The van der Waals surface area contributed by atoms with Crippen LogP contribution in [0.1, 0.15) is 40.0 Å². The average molecular weight is 364 g/mol. The molecule has 1 aliphatic carbocycles. The lowest BCUT2D eigenvalue weighted by molar-refractivity contribution is -0.117. The minimum atomic E-state index is -3.51. The molecule has 6 nitrogen and oxygen atoms in total. The van der Waals surface area contributed by atoms with Gasteiger partial charge in [-0.2, -0.15) is 0 Å². The van der Waals surface area contributed by atoms with Gasteiger partial charge in [0.15, 0.2) is 5.78 Å². The summed E-state index contributed by atoms with van der Waals surface area (Å²) in [4.78, 5) is 16.5. The SMILES string of the molecule is CCCNS(=O)(=O)c1ccc(N=CC2=C(O)CC(C)(C)CC2=O)cc1. The van der Waals surface area contributed by atoms with E-state index < -0.39 is 10.0 Å². The summed E-state index contributed by atoms with van der Waals surface area (Å²) in [6, 6.07) is 6.05. The summed E-state index contributed by atoms with van der Waals surface area (Å²) in [6.45, 7) is 6.13. The number of carbonyl (C=O) groups excluding carboxylic acids is 1. The van der Waals surface area contributed by atoms with Crippen LogP contribution in [0.25, 0.3) is 0 Å². The second-order valence-corrected chi connectivity index (χ2v) is 8.72. The summed E-state index contributed by atoms with van der Waals surface area (Å²) >= 11 is 0. The quantitative estimate of drug-likeness (QED) is 0.757. The van der Waals surface area contributed by atoms with Crippen molar-refractivity contribution in [1.82, 2.24) is 4.72 Å². The maximum atomic E-state index is 12.1. The van der Waals surface area contributed by atoms with E-state index in [0.29, 0.717) is 31.5 Å². The number of Topliss-reactive ketones (excluding diaryl/α,β-unsaturated/α-hetero) is 1. The predicted octanol–water partition coefficient (Wildman–Crippen LogP) is 3.28. The Labute approximate surface area is 148 Å². The van der Waals surface area contributed by atoms with Gasteiger partial charge in [-0.05, 0) is 36.1 Å². The van der Waals surface area contributed by atoms with Gasteiger partial charge in [0.05, 0.1) is 16.2 Å². The molecule has 2 N–H and O–H groups in total. The summed E-state index contributed by atoms with van der Waals surface area (Å²) < 4.78 is 26.5. The molecule has 0 saturated heterocycles. The molecule has 25 heavy (non-hydrogen) atoms. The van der Waals surface area contributed by atoms with E-state index in [-0.39, 0.29) is 27.4 Å². The fourth-order valence-electron chi connectivity index (χ4n) is 2.62. The monoisotopic (exact) mass is 364 g/mol. The van der Waals surface area contributed by atoms with Crippen molar-refractivity contribution in [2.45, 2.75) is 44.9 Å². The Morgan fingerprint density at radius 2 is 1.88 bits per heavy atom. The molecule has 1 aromatic carbocycles. The largest absolute Gasteiger partial charge is 0.511 e. The topological polar surface area (TPSA) is 95.8 Å². The number of sulfonamides is 1. The van der Waals surface area contributed by atoms with Gasteiger partial charge >= 0.3 is 0 Å². The number of aliphatic hydroxyl groups excluding tert-OH is 1. The summed E-state index contributed by atoms with van der Waals surface area (Å²) in [5.41, 5.74) is 0.480. The van der Waals surface area contributed by atoms with E-state index in [9.17, 15) is 18.3 Å². The van der Waals surface area contributed by atoms with Crippen LogP contribution < -0.4 is 4.72 Å². The van der Waals surface area contributed by atoms with E-state index in [1.807, 2.05) is 20.8 Å². The summed E-state index contributed by atoms with van der Waals surface area (Å²) in [5, 5.41) is 10.1. The molecule has 0 spiro atoms. The van der Waals surface area contributed by atoms with Crippen molar-refractivity contribution in [3.8, 4) is 0 Å². The van der Waals surface area contributed by atoms with Crippen molar-refractivity contribution in [2.75, 3.05) is 6.54 Å². The summed E-state index contributed by atoms with van der Waals surface area (Å²) in [5.74, 6) is -0.0894. The van der Waals surface area contributed by atoms with Crippen LogP contribution in [0.15, 0.2) is 45.5 Å². The zero-order valence-corrected chi connectivity index (χ0v) is 15.6. The van der Waals surface area contributed by atoms with E-state index in [2.05, 4.69) is 9.71 Å². The molecule has 0 fully saturated rings. The molecule has 0 atom stereocenters. The highest BCUT2D eigenvalue weighted by Crippen LogP contribution is 2.35. The Hall–Kier alpha value is -1.99. The number of ketones is 1. The zero-order chi connectivity index (χ0) is 18.7. The number of aliphatic imine (C=N–C) groups is 1. The van der Waals surface area contributed by atoms with Crippen LogP contribution in [0.3, 0.4) is 0 Å². The van der Waals surface area contributed by atoms with Crippen LogP contribution in [0, 0.1) is 5.41 Å². The van der Waals surface area contributed by atoms with Gasteiger partial charge < -0.3 is 5.11 Å². The molecule has 0 unspecified atom stereocenters. The van der Waals surface area contributed by atoms with Crippen molar-refractivity contribution in [3.05, 3.63) is 35.6 Å². The first-order valence-corrected chi connectivity index (χ1v) is 9.72. The maximum Gasteiger partial charge on any atom is 0.240 e. The van der Waals surface area contributed by atoms with E-state index in [0.717, 1.165) is 0 Å². The lowest BCUT2D eigenvalue weighted by atomic mass is 9.77. The minimum Gasteiger partial charge on any atom is -0.511 e. The molecule has 0 heterocycles. The Kier molecular flexibility index (Phi) is 5.80. The van der Waals surface area contributed by atoms with Crippen molar-refractivity contribution in [2.24, 2.45) is 10.4 Å². The Morgan fingerprint density at radius 1 is 1.24 bits per heavy atom. The fraction of sp³-hybridized carbons (Fsp3) is 0.444. The van der Waals surface area contributed by atoms with Gasteiger partial charge in [-0.1, -0.05) is 20.8 Å². The highest BCUT2D eigenvalue weighted by atomic mass is 32.2. The summed E-state index contributed by atoms with van der Waals surface area (Å²) in [7, 11) is -3.51. The Balaban J connectivity index is 2.16. The Bertz CT molecular complexity index is 806. The number of aliphatic hydroxyl groups is 1. The second-order valence-electron chi connectivity index (χ2n) is 6.95. The van der Waals surface area contributed by atoms with Crippen LogP contribution >= 0.6 is 0 Å². The molecule has 136 valence electrons. The van der Waals surface area contributed by atoms with Crippen LogP contribution in [0.5, 0.6) is 0 Å². The van der Waals surface area contributed by atoms with Crippen LogP contribution in [-0.2, 0) is 14.8 Å². The van der Waals surface area contributed by atoms with E-state index in [1.165, 1.54) is 18.3 Å². The van der Waals surface area contributed by atoms with Crippen LogP contribution in [0.2, 0.25) is 0 Å². The minimum absolute atomic E-state index is 0.0490. The first kappa shape index (κ1) is 19.3. The second kappa shape index (κ2) is 7.49. The molecule has 0 amide bonds. The lowest BCUT2D eigenvalue weighted by Gasteiger charge is -2.28. The van der Waals surface area contributed by atoms with E-state index in [1.54, 1.807) is 12.1 Å². The number of rotatable bonds is 6. The number of benzene rings is 1. The third-order valence-electron chi connectivity index (χ3n) is 3.93. The van der Waals surface area contributed by atoms with Crippen molar-refractivity contribution in [1.29, 1.82) is 0 Å². The average Bonchev–Trinajstić information content (AvgIpc) is 2.51. The molecule has 0 aromatic heterocycles. The van der Waals surface area contributed by atoms with Gasteiger partial charge in [0.2, 0.25) is 10.0 Å². The molecule has 0 saturated carbocycles. The molecule has 0 aliphatic heterocycles.